The number of nitrogens with one attached hydrogen (secondary N) is 2. The Bertz CT molecular complexity index is 1320. The van der Waals surface area contributed by atoms with Crippen molar-refractivity contribution >= 4 is 28.5 Å². The zero-order valence-electron chi connectivity index (χ0n) is 19.3. The first-order valence-electron chi connectivity index (χ1n) is 12.4. The van der Waals surface area contributed by atoms with Crippen molar-refractivity contribution in [2.75, 3.05) is 37.2 Å². The Morgan fingerprint density at radius 3 is 2.71 bits per heavy atom. The average molecular weight is 478 g/mol. The van der Waals surface area contributed by atoms with Crippen molar-refractivity contribution in [1.82, 2.24) is 19.4 Å². The predicted octanol–water partition coefficient (Wildman–Crippen LogP) is 2.88. The highest BCUT2D eigenvalue weighted by Crippen LogP contribution is 2.31. The number of fused-ring (bicyclic) bond motifs is 1. The summed E-state index contributed by atoms with van der Waals surface area (Å²) in [5, 5.41) is 8.28. The normalized spacial score (nSPS) is 20.8. The first-order valence-corrected chi connectivity index (χ1v) is 13.3. The van der Waals surface area contributed by atoms with Crippen molar-refractivity contribution in [2.45, 2.75) is 49.3 Å². The SMILES string of the molecule is O=c1ccc2ccc(=O)n3c2n1CC3CN1CCC(NCc2ccc3c(c2)NCCCS3)CC1. The molecule has 3 aliphatic heterocycles. The second-order valence-corrected chi connectivity index (χ2v) is 10.8. The van der Waals surface area contributed by atoms with E-state index in [0.717, 1.165) is 56.6 Å². The molecule has 178 valence electrons. The van der Waals surface area contributed by atoms with E-state index in [9.17, 15) is 9.59 Å². The number of aromatic nitrogens is 2. The summed E-state index contributed by atoms with van der Waals surface area (Å²) >= 11 is 1.95. The van der Waals surface area contributed by atoms with Gasteiger partial charge in [0, 0.05) is 60.3 Å². The van der Waals surface area contributed by atoms with E-state index in [4.69, 9.17) is 0 Å². The number of piperidine rings is 1. The molecule has 1 saturated heterocycles. The van der Waals surface area contributed by atoms with Crippen molar-refractivity contribution in [3.63, 3.8) is 0 Å². The number of thioether (sulfide) groups is 1. The quantitative estimate of drug-likeness (QED) is 0.589. The molecule has 2 aromatic heterocycles. The largest absolute Gasteiger partial charge is 0.384 e. The minimum absolute atomic E-state index is 0.0143. The highest BCUT2D eigenvalue weighted by Gasteiger charge is 2.29. The molecule has 0 aliphatic carbocycles. The Morgan fingerprint density at radius 2 is 1.85 bits per heavy atom. The van der Waals surface area contributed by atoms with Crippen molar-refractivity contribution in [3.05, 3.63) is 68.7 Å². The van der Waals surface area contributed by atoms with Gasteiger partial charge in [-0.25, -0.2) is 0 Å². The molecular weight excluding hydrogens is 446 g/mol. The second-order valence-electron chi connectivity index (χ2n) is 9.67. The highest BCUT2D eigenvalue weighted by molar-refractivity contribution is 7.99. The summed E-state index contributed by atoms with van der Waals surface area (Å²) in [7, 11) is 0. The third kappa shape index (κ3) is 4.19. The van der Waals surface area contributed by atoms with Crippen LogP contribution in [0, 0.1) is 0 Å². The molecule has 8 heteroatoms. The van der Waals surface area contributed by atoms with Gasteiger partial charge < -0.3 is 15.5 Å². The van der Waals surface area contributed by atoms with Crippen LogP contribution in [0.25, 0.3) is 11.0 Å². The molecule has 0 radical (unpaired) electrons. The summed E-state index contributed by atoms with van der Waals surface area (Å²) in [6, 6.07) is 14.2. The molecule has 0 saturated carbocycles. The molecule has 34 heavy (non-hydrogen) atoms. The van der Waals surface area contributed by atoms with Crippen LogP contribution in [0.4, 0.5) is 5.69 Å². The lowest BCUT2D eigenvalue weighted by molar-refractivity contribution is 0.171. The number of anilines is 1. The van der Waals surface area contributed by atoms with Crippen LogP contribution in [0.3, 0.4) is 0 Å². The number of benzene rings is 1. The molecule has 1 atom stereocenters. The fourth-order valence-corrected chi connectivity index (χ4v) is 6.56. The summed E-state index contributed by atoms with van der Waals surface area (Å²) in [5.41, 5.74) is 3.34. The number of hydrogen-bond donors (Lipinski definition) is 2. The van der Waals surface area contributed by atoms with Crippen molar-refractivity contribution < 1.29 is 0 Å². The van der Waals surface area contributed by atoms with Crippen LogP contribution in [0.1, 0.15) is 30.9 Å². The molecule has 0 bridgehead atoms. The van der Waals surface area contributed by atoms with E-state index in [1.807, 2.05) is 28.5 Å². The standard InChI is InChI=1S/C26H31N5O2S/c32-24-6-3-19-4-7-25(33)31-21(17-30(24)26(19)31)16-29-11-8-20(9-12-29)28-15-18-2-5-23-22(14-18)27-10-1-13-34-23/h2-7,14,20-21,27-28H,1,8-13,15-17H2. The number of pyridine rings is 2. The van der Waals surface area contributed by atoms with Crippen LogP contribution in [0.5, 0.6) is 0 Å². The summed E-state index contributed by atoms with van der Waals surface area (Å²) < 4.78 is 3.61. The van der Waals surface area contributed by atoms with E-state index in [0.29, 0.717) is 12.6 Å². The Kier molecular flexibility index (Phi) is 5.97. The maximum absolute atomic E-state index is 12.7. The van der Waals surface area contributed by atoms with Gasteiger partial charge in [0.25, 0.3) is 11.1 Å². The van der Waals surface area contributed by atoms with Gasteiger partial charge in [0.1, 0.15) is 5.65 Å². The van der Waals surface area contributed by atoms with Gasteiger partial charge in [-0.05, 0) is 67.9 Å². The lowest BCUT2D eigenvalue weighted by Crippen LogP contribution is -2.44. The zero-order chi connectivity index (χ0) is 23.1. The molecular formula is C26H31N5O2S. The summed E-state index contributed by atoms with van der Waals surface area (Å²) in [6.07, 6.45) is 3.40. The molecule has 6 rings (SSSR count). The zero-order valence-corrected chi connectivity index (χ0v) is 20.2. The molecule has 1 unspecified atom stereocenters. The molecule has 0 spiro atoms. The van der Waals surface area contributed by atoms with E-state index < -0.39 is 0 Å². The van der Waals surface area contributed by atoms with Crippen molar-refractivity contribution in [1.29, 1.82) is 0 Å². The molecule has 3 aliphatic rings. The van der Waals surface area contributed by atoms with Gasteiger partial charge >= 0.3 is 0 Å². The van der Waals surface area contributed by atoms with Gasteiger partial charge in [-0.3, -0.25) is 18.7 Å². The molecule has 0 amide bonds. The van der Waals surface area contributed by atoms with E-state index in [1.165, 1.54) is 28.3 Å². The third-order valence-electron chi connectivity index (χ3n) is 7.40. The summed E-state index contributed by atoms with van der Waals surface area (Å²) in [4.78, 5) is 28.9. The highest BCUT2D eigenvalue weighted by atomic mass is 32.2. The second kappa shape index (κ2) is 9.24. The lowest BCUT2D eigenvalue weighted by atomic mass is 10.0. The maximum Gasteiger partial charge on any atom is 0.252 e. The Balaban J connectivity index is 1.06. The fourth-order valence-electron chi connectivity index (χ4n) is 5.60. The van der Waals surface area contributed by atoms with Crippen LogP contribution < -0.4 is 21.8 Å². The van der Waals surface area contributed by atoms with Crippen molar-refractivity contribution in [3.8, 4) is 0 Å². The minimum Gasteiger partial charge on any atom is -0.384 e. The summed E-state index contributed by atoms with van der Waals surface area (Å²) in [6.45, 7) is 5.34. The van der Waals surface area contributed by atoms with Crippen molar-refractivity contribution in [2.24, 2.45) is 0 Å². The lowest BCUT2D eigenvalue weighted by Gasteiger charge is -2.34. The van der Waals surface area contributed by atoms with Crippen LogP contribution in [-0.2, 0) is 13.1 Å². The number of rotatable bonds is 5. The first-order chi connectivity index (χ1) is 16.7. The monoisotopic (exact) mass is 477 g/mol. The van der Waals surface area contributed by atoms with E-state index in [1.54, 1.807) is 16.7 Å². The van der Waals surface area contributed by atoms with Gasteiger partial charge in [-0.15, -0.1) is 11.8 Å². The smallest absolute Gasteiger partial charge is 0.252 e. The predicted molar refractivity (Wildman–Crippen MR) is 138 cm³/mol. The molecule has 7 nitrogen and oxygen atoms in total. The van der Waals surface area contributed by atoms with Crippen LogP contribution in [-0.4, -0.2) is 52.0 Å². The Morgan fingerprint density at radius 1 is 1.03 bits per heavy atom. The summed E-state index contributed by atoms with van der Waals surface area (Å²) in [5.74, 6) is 1.18. The Hall–Kier alpha value is -2.55. The average Bonchev–Trinajstić information content (AvgIpc) is 3.08. The van der Waals surface area contributed by atoms with Gasteiger partial charge in [0.2, 0.25) is 0 Å². The van der Waals surface area contributed by atoms with Crippen LogP contribution >= 0.6 is 11.8 Å². The van der Waals surface area contributed by atoms with E-state index in [2.05, 4.69) is 33.7 Å². The van der Waals surface area contributed by atoms with Gasteiger partial charge in [0.15, 0.2) is 0 Å². The molecule has 2 N–H and O–H groups in total. The fraction of sp³-hybridized carbons (Fsp3) is 0.462. The topological polar surface area (TPSA) is 71.3 Å². The third-order valence-corrected chi connectivity index (χ3v) is 8.56. The molecule has 1 aromatic carbocycles. The maximum atomic E-state index is 12.7. The van der Waals surface area contributed by atoms with Gasteiger partial charge in [0.05, 0.1) is 6.04 Å². The molecule has 5 heterocycles. The van der Waals surface area contributed by atoms with E-state index in [-0.39, 0.29) is 17.2 Å². The minimum atomic E-state index is -0.0242. The Labute approximate surface area is 203 Å². The number of likely N-dealkylation sites (tertiary alicyclic amines) is 1. The van der Waals surface area contributed by atoms with Crippen LogP contribution in [0.2, 0.25) is 0 Å². The van der Waals surface area contributed by atoms with Gasteiger partial charge in [-0.2, -0.15) is 0 Å². The number of hydrogen-bond acceptors (Lipinski definition) is 6. The first kappa shape index (κ1) is 21.9. The van der Waals surface area contributed by atoms with Gasteiger partial charge in [-0.1, -0.05) is 6.07 Å². The molecule has 1 fully saturated rings. The van der Waals surface area contributed by atoms with E-state index >= 15 is 0 Å². The van der Waals surface area contributed by atoms with Crippen LogP contribution in [0.15, 0.2) is 56.9 Å². The number of nitrogens with zero attached hydrogens (tertiary/aromatic N) is 3. The molecule has 3 aromatic rings.